The van der Waals surface area contributed by atoms with E-state index in [2.05, 4.69) is 0 Å². The lowest BCUT2D eigenvalue weighted by Gasteiger charge is -2.22. The van der Waals surface area contributed by atoms with Gasteiger partial charge in [0.25, 0.3) is 0 Å². The van der Waals surface area contributed by atoms with E-state index in [1.807, 2.05) is 27.7 Å². The van der Waals surface area contributed by atoms with Gasteiger partial charge in [-0.05, 0) is 39.5 Å². The van der Waals surface area contributed by atoms with Crippen LogP contribution in [0.1, 0.15) is 55.4 Å². The zero-order valence-electron chi connectivity index (χ0n) is 15.1. The molecule has 8 nitrogen and oxygen atoms in total. The van der Waals surface area contributed by atoms with Gasteiger partial charge >= 0.3 is 19.8 Å². The second kappa shape index (κ2) is 10.0. The predicted molar refractivity (Wildman–Crippen MR) is 86.8 cm³/mol. The van der Waals surface area contributed by atoms with Gasteiger partial charge in [-0.25, -0.2) is 4.57 Å². The average Bonchev–Trinajstić information content (AvgIpc) is 2.26. The first-order chi connectivity index (χ1) is 9.77. The Bertz CT molecular complexity index is 382. The van der Waals surface area contributed by atoms with Crippen molar-refractivity contribution in [1.82, 2.24) is 0 Å². The van der Waals surface area contributed by atoms with E-state index in [0.717, 1.165) is 0 Å². The molecular formula is C14H31O8P. The predicted octanol–water partition coefficient (Wildman–Crippen LogP) is 2.58. The second-order valence-corrected chi connectivity index (χ2v) is 7.90. The van der Waals surface area contributed by atoms with E-state index in [4.69, 9.17) is 29.5 Å². The summed E-state index contributed by atoms with van der Waals surface area (Å²) in [5, 5.41) is 17.2. The Kier molecular flexibility index (Phi) is 11.7. The number of aliphatic carboxylic acids is 2. The highest BCUT2D eigenvalue weighted by atomic mass is 31.2. The zero-order valence-corrected chi connectivity index (χ0v) is 16.0. The normalized spacial score (nSPS) is 12.0. The molecule has 0 saturated heterocycles. The first-order valence-electron chi connectivity index (χ1n) is 7.02. The van der Waals surface area contributed by atoms with Crippen LogP contribution >= 0.6 is 7.82 Å². The van der Waals surface area contributed by atoms with Gasteiger partial charge in [0.15, 0.2) is 0 Å². The van der Waals surface area contributed by atoms with Crippen molar-refractivity contribution in [2.24, 2.45) is 22.7 Å². The van der Waals surface area contributed by atoms with Crippen molar-refractivity contribution in [2.75, 3.05) is 0 Å². The van der Waals surface area contributed by atoms with Gasteiger partial charge in [0.05, 0.1) is 10.8 Å². The number of carbonyl (C=O) groups is 2. The largest absolute Gasteiger partial charge is 0.481 e. The fourth-order valence-electron chi connectivity index (χ4n) is 0.494. The molecule has 140 valence electrons. The lowest BCUT2D eigenvalue weighted by molar-refractivity contribution is -0.150. The fourth-order valence-corrected chi connectivity index (χ4v) is 0.494. The van der Waals surface area contributed by atoms with Gasteiger partial charge in [-0.3, -0.25) is 9.59 Å². The molecule has 9 heteroatoms. The number of carboxylic acid groups (broad SMARTS) is 2. The Morgan fingerprint density at radius 1 is 0.739 bits per heavy atom. The van der Waals surface area contributed by atoms with Crippen molar-refractivity contribution in [3.05, 3.63) is 0 Å². The first kappa shape index (κ1) is 26.9. The second-order valence-electron chi connectivity index (χ2n) is 6.88. The van der Waals surface area contributed by atoms with Crippen molar-refractivity contribution < 1.29 is 39.0 Å². The molecule has 23 heavy (non-hydrogen) atoms. The number of phosphoric acid groups is 1. The van der Waals surface area contributed by atoms with Crippen LogP contribution in [0.5, 0.6) is 0 Å². The fraction of sp³-hybridized carbons (Fsp3) is 0.857. The Morgan fingerprint density at radius 3 is 0.870 bits per heavy atom. The Hall–Kier alpha value is -0.950. The van der Waals surface area contributed by atoms with Crippen molar-refractivity contribution in [3.8, 4) is 0 Å². The van der Waals surface area contributed by atoms with Gasteiger partial charge in [-0.1, -0.05) is 27.7 Å². The molecule has 0 bridgehead atoms. The summed E-state index contributed by atoms with van der Waals surface area (Å²) in [6.45, 7) is 14.6. The van der Waals surface area contributed by atoms with E-state index in [1.54, 1.807) is 27.7 Å². The molecule has 0 aliphatic rings. The maximum absolute atomic E-state index is 10.5. The van der Waals surface area contributed by atoms with Crippen molar-refractivity contribution in [3.63, 3.8) is 0 Å². The third-order valence-electron chi connectivity index (χ3n) is 3.99. The molecule has 0 fully saturated rings. The maximum Gasteiger partial charge on any atom is 0.466 e. The molecule has 0 aliphatic heterocycles. The van der Waals surface area contributed by atoms with E-state index >= 15 is 0 Å². The molecule has 0 rings (SSSR count). The Balaban J connectivity index is -0.000000273. The average molecular weight is 358 g/mol. The third-order valence-corrected chi connectivity index (χ3v) is 3.99. The third kappa shape index (κ3) is 14.4. The van der Waals surface area contributed by atoms with Crippen LogP contribution in [-0.4, -0.2) is 36.8 Å². The van der Waals surface area contributed by atoms with Gasteiger partial charge in [-0.15, -0.1) is 0 Å². The molecule has 5 N–H and O–H groups in total. The van der Waals surface area contributed by atoms with Crippen LogP contribution in [0.4, 0.5) is 0 Å². The van der Waals surface area contributed by atoms with Gasteiger partial charge in [0.1, 0.15) is 0 Å². The molecular weight excluding hydrogens is 327 g/mol. The van der Waals surface area contributed by atoms with Gasteiger partial charge in [-0.2, -0.15) is 0 Å². The Labute approximate surface area is 137 Å². The summed E-state index contributed by atoms with van der Waals surface area (Å²) in [7, 11) is -4.64. The number of rotatable bonds is 4. The van der Waals surface area contributed by atoms with Gasteiger partial charge < -0.3 is 24.9 Å². The van der Waals surface area contributed by atoms with Gasteiger partial charge in [0, 0.05) is 0 Å². The van der Waals surface area contributed by atoms with Crippen molar-refractivity contribution >= 4 is 19.8 Å². The molecule has 0 atom stereocenters. The van der Waals surface area contributed by atoms with Crippen LogP contribution in [0.2, 0.25) is 0 Å². The number of hydrogen-bond acceptors (Lipinski definition) is 3. The van der Waals surface area contributed by atoms with Crippen molar-refractivity contribution in [1.29, 1.82) is 0 Å². The van der Waals surface area contributed by atoms with E-state index in [9.17, 15) is 9.59 Å². The van der Waals surface area contributed by atoms with Crippen LogP contribution in [0.15, 0.2) is 0 Å². The van der Waals surface area contributed by atoms with Crippen LogP contribution in [0.25, 0.3) is 0 Å². The molecule has 0 aliphatic carbocycles. The van der Waals surface area contributed by atoms with Crippen LogP contribution in [0, 0.1) is 22.7 Å². The summed E-state index contributed by atoms with van der Waals surface area (Å²) in [4.78, 5) is 42.5. The minimum atomic E-state index is -4.64. The highest BCUT2D eigenvalue weighted by Crippen LogP contribution is 2.26. The molecule has 0 radical (unpaired) electrons. The monoisotopic (exact) mass is 358 g/mol. The quantitative estimate of drug-likeness (QED) is 0.481. The van der Waals surface area contributed by atoms with E-state index in [-0.39, 0.29) is 11.8 Å². The standard InChI is InChI=1S/2C7H14O2.H3O4P/c2*1-5(2)7(3,4)6(8)9;1-5(2,3)4/h2*5H,1-4H3,(H,8,9);(H3,1,2,3,4). The van der Waals surface area contributed by atoms with E-state index in [0.29, 0.717) is 0 Å². The highest BCUT2D eigenvalue weighted by molar-refractivity contribution is 7.45. The van der Waals surface area contributed by atoms with Crippen LogP contribution in [0.3, 0.4) is 0 Å². The molecule has 0 aromatic carbocycles. The highest BCUT2D eigenvalue weighted by Gasteiger charge is 2.31. The summed E-state index contributed by atoms with van der Waals surface area (Å²) in [5.74, 6) is -1.07. The molecule has 0 aromatic rings. The number of carboxylic acids is 2. The van der Waals surface area contributed by atoms with Crippen LogP contribution < -0.4 is 0 Å². The van der Waals surface area contributed by atoms with Crippen LogP contribution in [-0.2, 0) is 14.2 Å². The lowest BCUT2D eigenvalue weighted by Crippen LogP contribution is -2.29. The molecule has 0 amide bonds. The van der Waals surface area contributed by atoms with E-state index < -0.39 is 30.6 Å². The summed E-state index contributed by atoms with van der Waals surface area (Å²) in [5.41, 5.74) is -1.17. The molecule has 0 saturated carbocycles. The minimum absolute atomic E-state index is 0.190. The Morgan fingerprint density at radius 2 is 0.870 bits per heavy atom. The summed E-state index contributed by atoms with van der Waals surface area (Å²) < 4.78 is 8.88. The number of hydrogen-bond donors (Lipinski definition) is 5. The topological polar surface area (TPSA) is 152 Å². The smallest absolute Gasteiger partial charge is 0.466 e. The van der Waals surface area contributed by atoms with E-state index in [1.165, 1.54) is 0 Å². The minimum Gasteiger partial charge on any atom is -0.481 e. The SMILES string of the molecule is CC(C)C(C)(C)C(=O)O.CC(C)C(C)(C)C(=O)O.O=P(O)(O)O. The molecule has 0 aromatic heterocycles. The molecule has 0 spiro atoms. The zero-order chi connectivity index (χ0) is 19.8. The molecule has 0 heterocycles. The molecule has 0 unspecified atom stereocenters. The maximum atomic E-state index is 10.5. The first-order valence-corrected chi connectivity index (χ1v) is 8.59. The summed E-state index contributed by atoms with van der Waals surface area (Å²) in [6, 6.07) is 0. The van der Waals surface area contributed by atoms with Crippen molar-refractivity contribution in [2.45, 2.75) is 55.4 Å². The summed E-state index contributed by atoms with van der Waals surface area (Å²) >= 11 is 0. The van der Waals surface area contributed by atoms with Gasteiger partial charge in [0.2, 0.25) is 0 Å². The summed E-state index contributed by atoms with van der Waals surface area (Å²) in [6.07, 6.45) is 0. The lowest BCUT2D eigenvalue weighted by atomic mass is 9.81.